The summed E-state index contributed by atoms with van der Waals surface area (Å²) in [6.45, 7) is 1.60. The first-order valence-electron chi connectivity index (χ1n) is 9.75. The Kier molecular flexibility index (Phi) is 4.71. The number of carbonyl (C=O) groups is 2. The number of benzene rings is 2. The number of carbonyl (C=O) groups excluding carboxylic acids is 2. The molecule has 156 valence electrons. The molecule has 3 heterocycles. The number of fused-ring (bicyclic) bond motifs is 2. The Balaban J connectivity index is 1.51. The molecule has 0 fully saturated rings. The Hall–Kier alpha value is -3.65. The van der Waals surface area contributed by atoms with Crippen molar-refractivity contribution < 1.29 is 19.1 Å². The van der Waals surface area contributed by atoms with Crippen LogP contribution in [0, 0.1) is 0 Å². The topological polar surface area (TPSA) is 73.1 Å². The maximum absolute atomic E-state index is 13.0. The monoisotopic (exact) mass is 433 g/mol. The second-order valence-electron chi connectivity index (χ2n) is 7.24. The Morgan fingerprint density at radius 2 is 2.13 bits per heavy atom. The number of ketones is 1. The van der Waals surface area contributed by atoms with Crippen molar-refractivity contribution in [3.63, 3.8) is 0 Å². The van der Waals surface area contributed by atoms with Crippen molar-refractivity contribution in [2.75, 3.05) is 18.6 Å². The summed E-state index contributed by atoms with van der Waals surface area (Å²) in [5, 5.41) is 1.97. The fraction of sp³-hybridized carbons (Fsp3) is 0.174. The molecule has 0 saturated carbocycles. The number of amides is 1. The largest absolute Gasteiger partial charge is 0.497 e. The van der Waals surface area contributed by atoms with Gasteiger partial charge in [-0.1, -0.05) is 12.1 Å². The highest BCUT2D eigenvalue weighted by atomic mass is 32.1. The van der Waals surface area contributed by atoms with Crippen molar-refractivity contribution in [3.8, 4) is 22.8 Å². The molecule has 1 aliphatic rings. The quantitative estimate of drug-likeness (QED) is 0.444. The van der Waals surface area contributed by atoms with Gasteiger partial charge in [-0.2, -0.15) is 0 Å². The van der Waals surface area contributed by atoms with E-state index in [4.69, 9.17) is 9.47 Å². The third-order valence-electron chi connectivity index (χ3n) is 5.25. The SMILES string of the molecule is COc1cccc(C(=O)CN2C(=O)C(C)Oc3ccc(-c4cn5ccsc5n4)cc32)c1. The molecule has 4 aromatic rings. The third kappa shape index (κ3) is 3.44. The molecule has 1 amide bonds. The number of imidazole rings is 1. The minimum absolute atomic E-state index is 0.0889. The zero-order valence-electron chi connectivity index (χ0n) is 16.9. The van der Waals surface area contributed by atoms with E-state index in [0.717, 1.165) is 16.2 Å². The lowest BCUT2D eigenvalue weighted by Crippen LogP contribution is -2.46. The first-order valence-corrected chi connectivity index (χ1v) is 10.6. The molecule has 0 radical (unpaired) electrons. The van der Waals surface area contributed by atoms with Crippen LogP contribution in [0.3, 0.4) is 0 Å². The Labute approximate surface area is 182 Å². The van der Waals surface area contributed by atoms with Crippen LogP contribution in [0.5, 0.6) is 11.5 Å². The molecule has 5 rings (SSSR count). The van der Waals surface area contributed by atoms with Crippen LogP contribution in [-0.4, -0.2) is 40.8 Å². The zero-order chi connectivity index (χ0) is 21.5. The van der Waals surface area contributed by atoms with Crippen LogP contribution in [0.25, 0.3) is 16.2 Å². The third-order valence-corrected chi connectivity index (χ3v) is 6.02. The van der Waals surface area contributed by atoms with Gasteiger partial charge >= 0.3 is 0 Å². The molecule has 2 aromatic heterocycles. The molecule has 0 bridgehead atoms. The van der Waals surface area contributed by atoms with Crippen molar-refractivity contribution in [2.24, 2.45) is 0 Å². The van der Waals surface area contributed by atoms with Gasteiger partial charge < -0.3 is 9.47 Å². The van der Waals surface area contributed by atoms with Gasteiger partial charge in [0.05, 0.1) is 25.0 Å². The first kappa shape index (κ1) is 19.3. The average molecular weight is 433 g/mol. The molecule has 8 heteroatoms. The summed E-state index contributed by atoms with van der Waals surface area (Å²) >= 11 is 1.55. The predicted molar refractivity (Wildman–Crippen MR) is 118 cm³/mol. The van der Waals surface area contributed by atoms with Gasteiger partial charge in [0.2, 0.25) is 0 Å². The predicted octanol–water partition coefficient (Wildman–Crippen LogP) is 4.07. The lowest BCUT2D eigenvalue weighted by molar-refractivity contribution is -0.125. The van der Waals surface area contributed by atoms with Gasteiger partial charge in [-0.05, 0) is 37.3 Å². The first-order chi connectivity index (χ1) is 15.0. The molecule has 0 spiro atoms. The molecule has 1 aliphatic heterocycles. The molecule has 7 nitrogen and oxygen atoms in total. The van der Waals surface area contributed by atoms with Gasteiger partial charge in [-0.15, -0.1) is 11.3 Å². The van der Waals surface area contributed by atoms with Crippen molar-refractivity contribution >= 4 is 33.7 Å². The highest BCUT2D eigenvalue weighted by Crippen LogP contribution is 2.37. The Morgan fingerprint density at radius 1 is 1.26 bits per heavy atom. The van der Waals surface area contributed by atoms with Crippen molar-refractivity contribution in [1.82, 2.24) is 9.38 Å². The van der Waals surface area contributed by atoms with Crippen LogP contribution < -0.4 is 14.4 Å². The fourth-order valence-electron chi connectivity index (χ4n) is 3.63. The van der Waals surface area contributed by atoms with Crippen LogP contribution >= 0.6 is 11.3 Å². The number of hydrogen-bond donors (Lipinski definition) is 0. The van der Waals surface area contributed by atoms with Gasteiger partial charge in [0.25, 0.3) is 5.91 Å². The van der Waals surface area contributed by atoms with Gasteiger partial charge in [-0.25, -0.2) is 4.98 Å². The van der Waals surface area contributed by atoms with Crippen molar-refractivity contribution in [2.45, 2.75) is 13.0 Å². The van der Waals surface area contributed by atoms with E-state index < -0.39 is 6.10 Å². The molecule has 1 atom stereocenters. The molecule has 0 aliphatic carbocycles. The van der Waals surface area contributed by atoms with Crippen LogP contribution in [0.4, 0.5) is 5.69 Å². The lowest BCUT2D eigenvalue weighted by Gasteiger charge is -2.33. The number of nitrogens with zero attached hydrogens (tertiary/aromatic N) is 3. The summed E-state index contributed by atoms with van der Waals surface area (Å²) in [4.78, 5) is 32.9. The van der Waals surface area contributed by atoms with Crippen LogP contribution in [0.1, 0.15) is 17.3 Å². The number of anilines is 1. The summed E-state index contributed by atoms with van der Waals surface area (Å²) in [6.07, 6.45) is 3.21. The van der Waals surface area contributed by atoms with E-state index in [1.807, 2.05) is 40.4 Å². The Morgan fingerprint density at radius 3 is 2.94 bits per heavy atom. The number of thiazole rings is 1. The van der Waals surface area contributed by atoms with E-state index in [1.165, 1.54) is 4.90 Å². The van der Waals surface area contributed by atoms with Gasteiger partial charge in [0, 0.05) is 28.9 Å². The van der Waals surface area contributed by atoms with Gasteiger partial charge in [0.1, 0.15) is 11.5 Å². The summed E-state index contributed by atoms with van der Waals surface area (Å²) in [5.41, 5.74) is 2.69. The highest BCUT2D eigenvalue weighted by Gasteiger charge is 2.33. The van der Waals surface area contributed by atoms with Crippen LogP contribution in [-0.2, 0) is 4.79 Å². The number of methoxy groups -OCH3 is 1. The zero-order valence-corrected chi connectivity index (χ0v) is 17.8. The molecule has 31 heavy (non-hydrogen) atoms. The summed E-state index contributed by atoms with van der Waals surface area (Å²) < 4.78 is 13.0. The minimum atomic E-state index is -0.672. The minimum Gasteiger partial charge on any atom is -0.497 e. The van der Waals surface area contributed by atoms with Crippen LogP contribution in [0.2, 0.25) is 0 Å². The van der Waals surface area contributed by atoms with E-state index in [0.29, 0.717) is 22.7 Å². The lowest BCUT2D eigenvalue weighted by atomic mass is 10.1. The van der Waals surface area contributed by atoms with Gasteiger partial charge in [0.15, 0.2) is 16.8 Å². The summed E-state index contributed by atoms with van der Waals surface area (Å²) in [5.74, 6) is 0.720. The number of rotatable bonds is 5. The van der Waals surface area contributed by atoms with E-state index in [9.17, 15) is 9.59 Å². The summed E-state index contributed by atoms with van der Waals surface area (Å²) in [7, 11) is 1.55. The number of Topliss-reactive ketones (excluding diaryl/α,β-unsaturated/α-hetero) is 1. The van der Waals surface area contributed by atoms with Gasteiger partial charge in [-0.3, -0.25) is 18.9 Å². The molecule has 0 N–H and O–H groups in total. The second kappa shape index (κ2) is 7.55. The standard InChI is InChI=1S/C23H19N3O4S/c1-14-22(28)26(13-20(27)16-4-3-5-17(10-16)29-2)19-11-15(6-7-21(19)30-14)18-12-25-8-9-31-23(25)24-18/h3-12,14H,13H2,1-2H3. The van der Waals surface area contributed by atoms with E-state index in [2.05, 4.69) is 4.98 Å². The molecule has 2 aromatic carbocycles. The maximum atomic E-state index is 13.0. The summed E-state index contributed by atoms with van der Waals surface area (Å²) in [6, 6.07) is 12.5. The number of hydrogen-bond acceptors (Lipinski definition) is 6. The second-order valence-corrected chi connectivity index (χ2v) is 8.11. The Bertz CT molecular complexity index is 1280. The molecule has 1 unspecified atom stereocenters. The van der Waals surface area contributed by atoms with Crippen molar-refractivity contribution in [1.29, 1.82) is 0 Å². The van der Waals surface area contributed by atoms with Crippen LogP contribution in [0.15, 0.2) is 60.2 Å². The normalized spacial score (nSPS) is 15.6. The van der Waals surface area contributed by atoms with E-state index in [-0.39, 0.29) is 18.2 Å². The van der Waals surface area contributed by atoms with E-state index >= 15 is 0 Å². The van der Waals surface area contributed by atoms with E-state index in [1.54, 1.807) is 49.6 Å². The molecule has 0 saturated heterocycles. The molecular weight excluding hydrogens is 414 g/mol. The smallest absolute Gasteiger partial charge is 0.268 e. The number of aromatic nitrogens is 2. The maximum Gasteiger partial charge on any atom is 0.268 e. The highest BCUT2D eigenvalue weighted by molar-refractivity contribution is 7.15. The van der Waals surface area contributed by atoms with Crippen molar-refractivity contribution in [3.05, 3.63) is 65.8 Å². The average Bonchev–Trinajstić information content (AvgIpc) is 3.39. The molecular formula is C23H19N3O4S. The fourth-order valence-corrected chi connectivity index (χ4v) is 4.33. The number of ether oxygens (including phenoxy) is 2.